The van der Waals surface area contributed by atoms with Crippen LogP contribution in [0.5, 0.6) is 0 Å². The molecule has 2 rings (SSSR count). The van der Waals surface area contributed by atoms with Crippen LogP contribution in [0.15, 0.2) is 54.6 Å². The van der Waals surface area contributed by atoms with Gasteiger partial charge in [0.1, 0.15) is 5.82 Å². The molecule has 0 heterocycles. The molecule has 1 N–H and O–H groups in total. The van der Waals surface area contributed by atoms with Crippen molar-refractivity contribution in [1.82, 2.24) is 0 Å². The second-order valence-electron chi connectivity index (χ2n) is 4.11. The minimum absolute atomic E-state index is 0.0933. The molecule has 0 unspecified atom stereocenters. The van der Waals surface area contributed by atoms with Crippen molar-refractivity contribution in [2.24, 2.45) is 0 Å². The highest BCUT2D eigenvalue weighted by Crippen LogP contribution is 2.16. The quantitative estimate of drug-likeness (QED) is 0.875. The normalized spacial score (nSPS) is 10.3. The van der Waals surface area contributed by atoms with Gasteiger partial charge in [-0.05, 0) is 29.8 Å². The molecule has 0 aliphatic carbocycles. The first-order valence-corrected chi connectivity index (χ1v) is 5.95. The summed E-state index contributed by atoms with van der Waals surface area (Å²) in [5, 5.41) is 9.12. The van der Waals surface area contributed by atoms with E-state index in [0.717, 1.165) is 11.3 Å². The molecule has 0 aromatic heterocycles. The third-order valence-electron chi connectivity index (χ3n) is 2.78. The molecule has 3 heteroatoms. The molecule has 0 spiro atoms. The number of halogens is 1. The van der Waals surface area contributed by atoms with Gasteiger partial charge >= 0.3 is 0 Å². The fourth-order valence-electron chi connectivity index (χ4n) is 1.87. The van der Waals surface area contributed by atoms with Gasteiger partial charge in [0, 0.05) is 18.8 Å². The van der Waals surface area contributed by atoms with E-state index in [-0.39, 0.29) is 12.4 Å². The van der Waals surface area contributed by atoms with Gasteiger partial charge in [0.2, 0.25) is 0 Å². The van der Waals surface area contributed by atoms with Crippen LogP contribution in [-0.4, -0.2) is 18.3 Å². The van der Waals surface area contributed by atoms with Crippen molar-refractivity contribution in [2.45, 2.75) is 6.54 Å². The molecular formula is C15H16FNO. The van der Waals surface area contributed by atoms with Crippen molar-refractivity contribution in [1.29, 1.82) is 0 Å². The Morgan fingerprint density at radius 1 is 0.944 bits per heavy atom. The Morgan fingerprint density at radius 3 is 2.22 bits per heavy atom. The molecule has 0 saturated carbocycles. The van der Waals surface area contributed by atoms with E-state index < -0.39 is 0 Å². The van der Waals surface area contributed by atoms with Crippen LogP contribution in [0, 0.1) is 5.82 Å². The Morgan fingerprint density at radius 2 is 1.61 bits per heavy atom. The second kappa shape index (κ2) is 6.17. The number of benzene rings is 2. The second-order valence-corrected chi connectivity index (χ2v) is 4.11. The van der Waals surface area contributed by atoms with Gasteiger partial charge in [-0.1, -0.05) is 30.3 Å². The van der Waals surface area contributed by atoms with E-state index in [0.29, 0.717) is 13.1 Å². The SMILES string of the molecule is OCCN(Cc1ccc(F)cc1)c1ccccc1. The van der Waals surface area contributed by atoms with E-state index in [9.17, 15) is 4.39 Å². The summed E-state index contributed by atoms with van der Waals surface area (Å²) in [5.41, 5.74) is 2.07. The molecule has 0 aliphatic heterocycles. The van der Waals surface area contributed by atoms with Crippen LogP contribution in [0.2, 0.25) is 0 Å². The van der Waals surface area contributed by atoms with Gasteiger partial charge < -0.3 is 10.0 Å². The summed E-state index contributed by atoms with van der Waals surface area (Å²) < 4.78 is 12.8. The van der Waals surface area contributed by atoms with Crippen molar-refractivity contribution in [3.8, 4) is 0 Å². The van der Waals surface area contributed by atoms with Gasteiger partial charge in [0.15, 0.2) is 0 Å². The van der Waals surface area contributed by atoms with E-state index in [1.807, 2.05) is 30.3 Å². The number of para-hydroxylation sites is 1. The van der Waals surface area contributed by atoms with E-state index in [2.05, 4.69) is 4.90 Å². The van der Waals surface area contributed by atoms with Crippen molar-refractivity contribution in [2.75, 3.05) is 18.1 Å². The third-order valence-corrected chi connectivity index (χ3v) is 2.78. The van der Waals surface area contributed by atoms with Gasteiger partial charge in [0.05, 0.1) is 6.61 Å². The van der Waals surface area contributed by atoms with Gasteiger partial charge in [-0.2, -0.15) is 0 Å². The maximum absolute atomic E-state index is 12.8. The molecule has 2 aromatic rings. The maximum Gasteiger partial charge on any atom is 0.123 e. The van der Waals surface area contributed by atoms with Crippen LogP contribution < -0.4 is 4.90 Å². The highest BCUT2D eigenvalue weighted by atomic mass is 19.1. The Kier molecular flexibility index (Phi) is 4.31. The maximum atomic E-state index is 12.8. The highest BCUT2D eigenvalue weighted by molar-refractivity contribution is 5.46. The summed E-state index contributed by atoms with van der Waals surface area (Å²) in [5.74, 6) is -0.229. The summed E-state index contributed by atoms with van der Waals surface area (Å²) in [6, 6.07) is 16.3. The Hall–Kier alpha value is -1.87. The zero-order valence-corrected chi connectivity index (χ0v) is 10.1. The lowest BCUT2D eigenvalue weighted by Crippen LogP contribution is -2.25. The molecule has 2 aromatic carbocycles. The van der Waals surface area contributed by atoms with Gasteiger partial charge in [-0.15, -0.1) is 0 Å². The standard InChI is InChI=1S/C15H16FNO/c16-14-8-6-13(7-9-14)12-17(10-11-18)15-4-2-1-3-5-15/h1-9,18H,10-12H2. The number of hydrogen-bond acceptors (Lipinski definition) is 2. The Bertz CT molecular complexity index is 470. The number of hydrogen-bond donors (Lipinski definition) is 1. The number of aliphatic hydroxyl groups is 1. The van der Waals surface area contributed by atoms with E-state index in [1.165, 1.54) is 12.1 Å². The predicted octanol–water partition coefficient (Wildman–Crippen LogP) is 2.82. The topological polar surface area (TPSA) is 23.5 Å². The first-order chi connectivity index (χ1) is 8.79. The Balaban J connectivity index is 2.14. The summed E-state index contributed by atoms with van der Waals surface area (Å²) >= 11 is 0. The summed E-state index contributed by atoms with van der Waals surface area (Å²) in [6.45, 7) is 1.31. The average Bonchev–Trinajstić information content (AvgIpc) is 2.42. The minimum atomic E-state index is -0.229. The van der Waals surface area contributed by atoms with E-state index in [1.54, 1.807) is 12.1 Å². The molecule has 0 amide bonds. The average molecular weight is 245 g/mol. The zero-order valence-electron chi connectivity index (χ0n) is 10.1. The van der Waals surface area contributed by atoms with E-state index >= 15 is 0 Å². The number of aliphatic hydroxyl groups excluding tert-OH is 1. The van der Waals surface area contributed by atoms with Crippen LogP contribution in [0.3, 0.4) is 0 Å². The predicted molar refractivity (Wildman–Crippen MR) is 71.0 cm³/mol. The molecule has 0 aliphatic rings. The largest absolute Gasteiger partial charge is 0.395 e. The third kappa shape index (κ3) is 3.31. The molecule has 18 heavy (non-hydrogen) atoms. The minimum Gasteiger partial charge on any atom is -0.395 e. The van der Waals surface area contributed by atoms with Gasteiger partial charge in [-0.3, -0.25) is 0 Å². The summed E-state index contributed by atoms with van der Waals surface area (Å²) in [4.78, 5) is 2.06. The number of rotatable bonds is 5. The van der Waals surface area contributed by atoms with Crippen molar-refractivity contribution in [3.63, 3.8) is 0 Å². The summed E-state index contributed by atoms with van der Waals surface area (Å²) in [6.07, 6.45) is 0. The van der Waals surface area contributed by atoms with E-state index in [4.69, 9.17) is 5.11 Å². The lowest BCUT2D eigenvalue weighted by Gasteiger charge is -2.24. The van der Waals surface area contributed by atoms with Gasteiger partial charge in [-0.25, -0.2) is 4.39 Å². The lowest BCUT2D eigenvalue weighted by atomic mass is 10.2. The molecule has 0 fully saturated rings. The van der Waals surface area contributed by atoms with Gasteiger partial charge in [0.25, 0.3) is 0 Å². The van der Waals surface area contributed by atoms with Crippen molar-refractivity contribution >= 4 is 5.69 Å². The van der Waals surface area contributed by atoms with Crippen LogP contribution in [0.25, 0.3) is 0 Å². The van der Waals surface area contributed by atoms with Crippen LogP contribution in [0.1, 0.15) is 5.56 Å². The molecule has 2 nitrogen and oxygen atoms in total. The summed E-state index contributed by atoms with van der Waals surface area (Å²) in [7, 11) is 0. The number of nitrogens with zero attached hydrogens (tertiary/aromatic N) is 1. The fraction of sp³-hybridized carbons (Fsp3) is 0.200. The van der Waals surface area contributed by atoms with Crippen LogP contribution in [0.4, 0.5) is 10.1 Å². The monoisotopic (exact) mass is 245 g/mol. The number of anilines is 1. The first kappa shape index (κ1) is 12.6. The molecule has 0 bridgehead atoms. The molecule has 0 radical (unpaired) electrons. The van der Waals surface area contributed by atoms with Crippen LogP contribution in [-0.2, 0) is 6.54 Å². The fourth-order valence-corrected chi connectivity index (χ4v) is 1.87. The molecule has 0 saturated heterocycles. The highest BCUT2D eigenvalue weighted by Gasteiger charge is 2.06. The smallest absolute Gasteiger partial charge is 0.123 e. The molecule has 94 valence electrons. The van der Waals surface area contributed by atoms with Crippen LogP contribution >= 0.6 is 0 Å². The molecule has 0 atom stereocenters. The lowest BCUT2D eigenvalue weighted by molar-refractivity contribution is 0.301. The zero-order chi connectivity index (χ0) is 12.8. The molecular weight excluding hydrogens is 229 g/mol. The first-order valence-electron chi connectivity index (χ1n) is 5.95. The van der Waals surface area contributed by atoms with Crippen molar-refractivity contribution in [3.05, 3.63) is 66.0 Å². The Labute approximate surface area is 106 Å². The van der Waals surface area contributed by atoms with Crippen molar-refractivity contribution < 1.29 is 9.50 Å².